The van der Waals surface area contributed by atoms with E-state index in [-0.39, 0.29) is 12.0 Å². The highest BCUT2D eigenvalue weighted by Crippen LogP contribution is 2.31. The zero-order chi connectivity index (χ0) is 22.1. The van der Waals surface area contributed by atoms with Crippen molar-refractivity contribution in [1.29, 1.82) is 0 Å². The number of ether oxygens (including phenoxy) is 1. The van der Waals surface area contributed by atoms with Crippen LogP contribution in [-0.4, -0.2) is 30.7 Å². The highest BCUT2D eigenvalue weighted by atomic mass is 32.1. The minimum Gasteiger partial charge on any atom is -0.462 e. The summed E-state index contributed by atoms with van der Waals surface area (Å²) in [5, 5.41) is 3.63. The monoisotopic (exact) mass is 438 g/mol. The molecule has 1 saturated heterocycles. The zero-order valence-electron chi connectivity index (χ0n) is 18.7. The Morgan fingerprint density at radius 2 is 1.77 bits per heavy atom. The molecule has 0 amide bonds. The molecule has 5 heteroatoms. The van der Waals surface area contributed by atoms with Crippen LogP contribution in [0.15, 0.2) is 48.5 Å². The number of nitrogens with zero attached hydrogens (tertiary/aromatic N) is 1. The topological polar surface area (TPSA) is 41.6 Å². The fraction of sp³-hybridized carbons (Fsp3) is 0.462. The molecule has 0 saturated carbocycles. The first-order valence-electron chi connectivity index (χ1n) is 11.5. The van der Waals surface area contributed by atoms with Gasteiger partial charge in [-0.3, -0.25) is 0 Å². The molecule has 2 aromatic rings. The van der Waals surface area contributed by atoms with Crippen LogP contribution in [0.4, 0.5) is 5.69 Å². The van der Waals surface area contributed by atoms with E-state index < -0.39 is 0 Å². The van der Waals surface area contributed by atoms with Gasteiger partial charge in [-0.15, -0.1) is 0 Å². The quantitative estimate of drug-likeness (QED) is 0.393. The Labute approximate surface area is 192 Å². The molecule has 1 aliphatic rings. The Bertz CT molecular complexity index is 860. The van der Waals surface area contributed by atoms with E-state index in [1.165, 1.54) is 30.5 Å². The molecule has 31 heavy (non-hydrogen) atoms. The summed E-state index contributed by atoms with van der Waals surface area (Å²) < 4.78 is 5.06. The molecule has 0 aromatic heterocycles. The van der Waals surface area contributed by atoms with Crippen LogP contribution in [-0.2, 0) is 11.2 Å². The van der Waals surface area contributed by atoms with Gasteiger partial charge >= 0.3 is 5.97 Å². The Kier molecular flexibility index (Phi) is 8.89. The molecule has 0 aliphatic carbocycles. The van der Waals surface area contributed by atoms with Gasteiger partial charge in [0.2, 0.25) is 0 Å². The summed E-state index contributed by atoms with van der Waals surface area (Å²) in [5.41, 5.74) is 4.34. The lowest BCUT2D eigenvalue weighted by Crippen LogP contribution is -2.33. The fourth-order valence-corrected chi connectivity index (χ4v) is 4.51. The molecule has 3 rings (SSSR count). The zero-order valence-corrected chi connectivity index (χ0v) is 19.5. The van der Waals surface area contributed by atoms with E-state index in [4.69, 9.17) is 17.0 Å². The highest BCUT2D eigenvalue weighted by molar-refractivity contribution is 7.80. The molecule has 1 aliphatic heterocycles. The third kappa shape index (κ3) is 6.54. The first kappa shape index (κ1) is 23.3. The number of esters is 1. The van der Waals surface area contributed by atoms with Crippen molar-refractivity contribution in [2.75, 3.05) is 24.6 Å². The number of para-hydroxylation sites is 1. The van der Waals surface area contributed by atoms with E-state index in [9.17, 15) is 4.79 Å². The molecule has 4 nitrogen and oxygen atoms in total. The van der Waals surface area contributed by atoms with Gasteiger partial charge in [-0.05, 0) is 61.9 Å². The summed E-state index contributed by atoms with van der Waals surface area (Å²) in [6.07, 6.45) is 6.63. The minimum absolute atomic E-state index is 0.203. The van der Waals surface area contributed by atoms with Gasteiger partial charge in [0.15, 0.2) is 0 Å². The van der Waals surface area contributed by atoms with Crippen LogP contribution < -0.4 is 10.2 Å². The molecule has 0 spiro atoms. The van der Waals surface area contributed by atoms with Gasteiger partial charge < -0.3 is 15.0 Å². The van der Waals surface area contributed by atoms with Gasteiger partial charge in [0.25, 0.3) is 0 Å². The fourth-order valence-electron chi connectivity index (χ4n) is 4.20. The number of piperidine rings is 1. The summed E-state index contributed by atoms with van der Waals surface area (Å²) >= 11 is 5.74. The number of thiocarbonyl (C=S) groups is 1. The molecule has 166 valence electrons. The number of rotatable bonds is 9. The summed E-state index contributed by atoms with van der Waals surface area (Å²) in [4.78, 5) is 15.2. The molecule has 1 heterocycles. The number of hydrogen-bond acceptors (Lipinski definition) is 4. The lowest BCUT2D eigenvalue weighted by atomic mass is 9.98. The Morgan fingerprint density at radius 1 is 1.06 bits per heavy atom. The molecule has 1 atom stereocenters. The average Bonchev–Trinajstić information content (AvgIpc) is 2.80. The Balaban J connectivity index is 1.69. The SMILES string of the molecule is CCCC(NC(=S)Cc1ccc(C(=O)OCC)cc1)c1ccccc1N1CCCCC1. The molecule has 1 unspecified atom stereocenters. The minimum atomic E-state index is -0.285. The average molecular weight is 439 g/mol. The van der Waals surface area contributed by atoms with Crippen LogP contribution in [0.25, 0.3) is 0 Å². The lowest BCUT2D eigenvalue weighted by Gasteiger charge is -2.33. The second-order valence-electron chi connectivity index (χ2n) is 8.11. The highest BCUT2D eigenvalue weighted by Gasteiger charge is 2.20. The number of benzene rings is 2. The standard InChI is InChI=1S/C26H34N2O2S/c1-3-10-23(22-11-6-7-12-24(22)28-17-8-5-9-18-28)27-25(31)19-20-13-15-21(16-14-20)26(29)30-4-2/h6-7,11-16,23H,3-5,8-10,17-19H2,1-2H3,(H,27,31). The van der Waals surface area contributed by atoms with Crippen LogP contribution in [0, 0.1) is 0 Å². The van der Waals surface area contributed by atoms with Crippen LogP contribution in [0.1, 0.15) is 73.5 Å². The van der Waals surface area contributed by atoms with Crippen molar-refractivity contribution in [2.24, 2.45) is 0 Å². The molecule has 1 N–H and O–H groups in total. The summed E-state index contributed by atoms with van der Waals surface area (Å²) in [6, 6.07) is 16.5. The van der Waals surface area contributed by atoms with Crippen molar-refractivity contribution >= 4 is 28.9 Å². The van der Waals surface area contributed by atoms with Crippen molar-refractivity contribution in [3.63, 3.8) is 0 Å². The number of carbonyl (C=O) groups is 1. The van der Waals surface area contributed by atoms with Crippen molar-refractivity contribution in [3.05, 3.63) is 65.2 Å². The third-order valence-corrected chi connectivity index (χ3v) is 6.01. The Hall–Kier alpha value is -2.40. The molecule has 2 aromatic carbocycles. The number of hydrogen-bond donors (Lipinski definition) is 1. The molecule has 0 bridgehead atoms. The van der Waals surface area contributed by atoms with E-state index in [2.05, 4.69) is 41.4 Å². The maximum absolute atomic E-state index is 11.9. The number of anilines is 1. The van der Waals surface area contributed by atoms with E-state index in [0.29, 0.717) is 18.6 Å². The summed E-state index contributed by atoms with van der Waals surface area (Å²) in [7, 11) is 0. The van der Waals surface area contributed by atoms with Crippen molar-refractivity contribution in [3.8, 4) is 0 Å². The van der Waals surface area contributed by atoms with Crippen molar-refractivity contribution < 1.29 is 9.53 Å². The van der Waals surface area contributed by atoms with Crippen LogP contribution >= 0.6 is 12.2 Å². The molecular weight excluding hydrogens is 404 g/mol. The van der Waals surface area contributed by atoms with Crippen LogP contribution in [0.3, 0.4) is 0 Å². The number of carbonyl (C=O) groups excluding carboxylic acids is 1. The summed E-state index contributed by atoms with van der Waals surface area (Å²) in [5.74, 6) is -0.285. The van der Waals surface area contributed by atoms with Gasteiger partial charge in [-0.25, -0.2) is 4.79 Å². The summed E-state index contributed by atoms with van der Waals surface area (Å²) in [6.45, 7) is 6.68. The molecular formula is C26H34N2O2S. The van der Waals surface area contributed by atoms with E-state index in [1.807, 2.05) is 31.2 Å². The smallest absolute Gasteiger partial charge is 0.338 e. The lowest BCUT2D eigenvalue weighted by molar-refractivity contribution is 0.0526. The third-order valence-electron chi connectivity index (χ3n) is 5.75. The van der Waals surface area contributed by atoms with Gasteiger partial charge in [-0.2, -0.15) is 0 Å². The molecule has 1 fully saturated rings. The second-order valence-corrected chi connectivity index (χ2v) is 8.60. The normalized spacial score (nSPS) is 14.7. The maximum Gasteiger partial charge on any atom is 0.338 e. The van der Waals surface area contributed by atoms with Crippen molar-refractivity contribution in [1.82, 2.24) is 5.32 Å². The first-order valence-corrected chi connectivity index (χ1v) is 11.9. The van der Waals surface area contributed by atoms with E-state index >= 15 is 0 Å². The maximum atomic E-state index is 11.9. The predicted octanol–water partition coefficient (Wildman–Crippen LogP) is 5.85. The first-order chi connectivity index (χ1) is 15.1. The predicted molar refractivity (Wildman–Crippen MR) is 132 cm³/mol. The second kappa shape index (κ2) is 11.8. The van der Waals surface area contributed by atoms with Crippen LogP contribution in [0.5, 0.6) is 0 Å². The van der Waals surface area contributed by atoms with Crippen LogP contribution in [0.2, 0.25) is 0 Å². The van der Waals surface area contributed by atoms with Gasteiger partial charge in [0, 0.05) is 25.2 Å². The van der Waals surface area contributed by atoms with Crippen molar-refractivity contribution in [2.45, 2.75) is 58.4 Å². The Morgan fingerprint density at radius 3 is 2.45 bits per heavy atom. The van der Waals surface area contributed by atoms with Gasteiger partial charge in [0.1, 0.15) is 0 Å². The van der Waals surface area contributed by atoms with E-state index in [1.54, 1.807) is 0 Å². The number of nitrogens with one attached hydrogen (secondary N) is 1. The largest absolute Gasteiger partial charge is 0.462 e. The van der Waals surface area contributed by atoms with Gasteiger partial charge in [0.05, 0.1) is 23.2 Å². The van der Waals surface area contributed by atoms with Gasteiger partial charge in [-0.1, -0.05) is 55.9 Å². The van der Waals surface area contributed by atoms with E-state index in [0.717, 1.165) is 36.5 Å². The molecule has 0 radical (unpaired) electrons.